The molecule has 1 aliphatic heterocycles. The Morgan fingerprint density at radius 1 is 1.05 bits per heavy atom. The standard InChI is InChI=1S/C14H15BrN2O2/c15-8-1-6-11-12(7-8)14(19)17(13(11)18)10-4-2-9(16)3-5-10/h1,6-7,9-10H,2-5,16H2. The van der Waals surface area contributed by atoms with E-state index >= 15 is 0 Å². The van der Waals surface area contributed by atoms with Crippen LogP contribution >= 0.6 is 15.9 Å². The highest BCUT2D eigenvalue weighted by atomic mass is 79.9. The zero-order chi connectivity index (χ0) is 13.6. The van der Waals surface area contributed by atoms with Crippen molar-refractivity contribution in [3.05, 3.63) is 33.8 Å². The maximum Gasteiger partial charge on any atom is 0.261 e. The predicted octanol–water partition coefficient (Wildman–Crippen LogP) is 2.32. The molecule has 0 radical (unpaired) electrons. The summed E-state index contributed by atoms with van der Waals surface area (Å²) in [6.45, 7) is 0. The smallest absolute Gasteiger partial charge is 0.261 e. The maximum atomic E-state index is 12.4. The van der Waals surface area contributed by atoms with E-state index in [4.69, 9.17) is 5.73 Å². The summed E-state index contributed by atoms with van der Waals surface area (Å²) >= 11 is 3.34. The van der Waals surface area contributed by atoms with Gasteiger partial charge in [-0.2, -0.15) is 0 Å². The van der Waals surface area contributed by atoms with Crippen molar-refractivity contribution < 1.29 is 9.59 Å². The van der Waals surface area contributed by atoms with Crippen LogP contribution in [0, 0.1) is 0 Å². The number of hydrogen-bond acceptors (Lipinski definition) is 3. The number of rotatable bonds is 1. The fraction of sp³-hybridized carbons (Fsp3) is 0.429. The lowest BCUT2D eigenvalue weighted by Gasteiger charge is -2.31. The van der Waals surface area contributed by atoms with E-state index in [1.54, 1.807) is 18.2 Å². The largest absolute Gasteiger partial charge is 0.328 e. The molecular weight excluding hydrogens is 308 g/mol. The van der Waals surface area contributed by atoms with Crippen LogP contribution in [0.3, 0.4) is 0 Å². The molecule has 2 aliphatic rings. The first-order valence-electron chi connectivity index (χ1n) is 6.51. The lowest BCUT2D eigenvalue weighted by atomic mass is 9.91. The minimum atomic E-state index is -0.165. The van der Waals surface area contributed by atoms with Crippen LogP contribution in [0.1, 0.15) is 46.4 Å². The zero-order valence-corrected chi connectivity index (χ0v) is 12.0. The first-order valence-corrected chi connectivity index (χ1v) is 7.30. The molecule has 0 aromatic heterocycles. The van der Waals surface area contributed by atoms with Crippen molar-refractivity contribution >= 4 is 27.7 Å². The third-order valence-corrected chi connectivity index (χ3v) is 4.48. The van der Waals surface area contributed by atoms with Crippen LogP contribution in [0.2, 0.25) is 0 Å². The predicted molar refractivity (Wildman–Crippen MR) is 74.9 cm³/mol. The van der Waals surface area contributed by atoms with Crippen LogP contribution in [0.25, 0.3) is 0 Å². The molecule has 1 aliphatic carbocycles. The third kappa shape index (κ3) is 2.11. The summed E-state index contributed by atoms with van der Waals surface area (Å²) in [5.41, 5.74) is 6.90. The van der Waals surface area contributed by atoms with Crippen molar-refractivity contribution in [2.24, 2.45) is 5.73 Å². The Hall–Kier alpha value is -1.20. The van der Waals surface area contributed by atoms with Gasteiger partial charge in [-0.25, -0.2) is 0 Å². The minimum Gasteiger partial charge on any atom is -0.328 e. The van der Waals surface area contributed by atoms with Crippen LogP contribution in [-0.4, -0.2) is 28.8 Å². The van der Waals surface area contributed by atoms with Gasteiger partial charge in [0.25, 0.3) is 11.8 Å². The van der Waals surface area contributed by atoms with Crippen molar-refractivity contribution in [1.82, 2.24) is 4.90 Å². The molecule has 2 amide bonds. The molecule has 1 fully saturated rings. The average molecular weight is 323 g/mol. The Labute approximate surface area is 120 Å². The number of nitrogens with two attached hydrogens (primary N) is 1. The molecule has 19 heavy (non-hydrogen) atoms. The highest BCUT2D eigenvalue weighted by molar-refractivity contribution is 9.10. The minimum absolute atomic E-state index is 0.00553. The Morgan fingerprint density at radius 2 is 1.68 bits per heavy atom. The maximum absolute atomic E-state index is 12.4. The van der Waals surface area contributed by atoms with Gasteiger partial charge in [0, 0.05) is 16.6 Å². The lowest BCUT2D eigenvalue weighted by Crippen LogP contribution is -2.43. The molecule has 2 N–H and O–H groups in total. The normalized spacial score (nSPS) is 26.7. The molecule has 0 unspecified atom stereocenters. The number of hydrogen-bond donors (Lipinski definition) is 1. The van der Waals surface area contributed by atoms with Gasteiger partial charge < -0.3 is 5.73 Å². The summed E-state index contributed by atoms with van der Waals surface area (Å²) < 4.78 is 0.819. The van der Waals surface area contributed by atoms with Crippen LogP contribution in [0.5, 0.6) is 0 Å². The molecule has 5 heteroatoms. The number of amides is 2. The Balaban J connectivity index is 1.90. The summed E-state index contributed by atoms with van der Waals surface area (Å²) in [6.07, 6.45) is 3.38. The van der Waals surface area contributed by atoms with E-state index in [-0.39, 0.29) is 23.9 Å². The quantitative estimate of drug-likeness (QED) is 0.807. The Bertz CT molecular complexity index is 550. The van der Waals surface area contributed by atoms with E-state index in [9.17, 15) is 9.59 Å². The number of imide groups is 1. The van der Waals surface area contributed by atoms with E-state index < -0.39 is 0 Å². The fourth-order valence-electron chi connectivity index (χ4n) is 2.92. The second kappa shape index (κ2) is 4.72. The summed E-state index contributed by atoms with van der Waals surface area (Å²) in [7, 11) is 0. The molecule has 100 valence electrons. The summed E-state index contributed by atoms with van der Waals surface area (Å²) in [6, 6.07) is 5.45. The van der Waals surface area contributed by atoms with Gasteiger partial charge in [0.15, 0.2) is 0 Å². The van der Waals surface area contributed by atoms with E-state index in [2.05, 4.69) is 15.9 Å². The molecule has 1 saturated carbocycles. The van der Waals surface area contributed by atoms with Crippen LogP contribution in [0.15, 0.2) is 22.7 Å². The highest BCUT2D eigenvalue weighted by Crippen LogP contribution is 2.31. The average Bonchev–Trinajstić information content (AvgIpc) is 2.63. The van der Waals surface area contributed by atoms with Crippen molar-refractivity contribution in [1.29, 1.82) is 0 Å². The van der Waals surface area contributed by atoms with Gasteiger partial charge in [0.05, 0.1) is 11.1 Å². The van der Waals surface area contributed by atoms with Gasteiger partial charge in [0.2, 0.25) is 0 Å². The van der Waals surface area contributed by atoms with Gasteiger partial charge in [-0.15, -0.1) is 0 Å². The third-order valence-electron chi connectivity index (χ3n) is 3.99. The zero-order valence-electron chi connectivity index (χ0n) is 10.4. The van der Waals surface area contributed by atoms with Crippen molar-refractivity contribution in [3.8, 4) is 0 Å². The van der Waals surface area contributed by atoms with Crippen molar-refractivity contribution in [2.75, 3.05) is 0 Å². The molecule has 1 aromatic rings. The van der Waals surface area contributed by atoms with Gasteiger partial charge in [-0.1, -0.05) is 15.9 Å². The Kier molecular flexibility index (Phi) is 3.19. The Morgan fingerprint density at radius 3 is 2.37 bits per heavy atom. The molecule has 0 atom stereocenters. The summed E-state index contributed by atoms with van der Waals surface area (Å²) in [5, 5.41) is 0. The molecule has 4 nitrogen and oxygen atoms in total. The first-order chi connectivity index (χ1) is 9.08. The molecule has 0 saturated heterocycles. The first kappa shape index (κ1) is 12.8. The van der Waals surface area contributed by atoms with E-state index in [1.165, 1.54) is 4.90 Å². The number of nitrogens with zero attached hydrogens (tertiary/aromatic N) is 1. The summed E-state index contributed by atoms with van der Waals surface area (Å²) in [4.78, 5) is 26.2. The second-order valence-corrected chi connectivity index (χ2v) is 6.15. The molecular formula is C14H15BrN2O2. The molecule has 3 rings (SSSR count). The topological polar surface area (TPSA) is 63.4 Å². The number of fused-ring (bicyclic) bond motifs is 1. The number of carbonyl (C=O) groups excluding carboxylic acids is 2. The van der Waals surface area contributed by atoms with Gasteiger partial charge in [0.1, 0.15) is 0 Å². The lowest BCUT2D eigenvalue weighted by molar-refractivity contribution is 0.0543. The van der Waals surface area contributed by atoms with Gasteiger partial charge >= 0.3 is 0 Å². The molecule has 1 aromatic carbocycles. The van der Waals surface area contributed by atoms with Crippen LogP contribution in [-0.2, 0) is 0 Å². The van der Waals surface area contributed by atoms with Crippen molar-refractivity contribution in [2.45, 2.75) is 37.8 Å². The second-order valence-electron chi connectivity index (χ2n) is 5.24. The highest BCUT2D eigenvalue weighted by Gasteiger charge is 2.40. The van der Waals surface area contributed by atoms with Crippen LogP contribution in [0.4, 0.5) is 0 Å². The van der Waals surface area contributed by atoms with Gasteiger partial charge in [-0.3, -0.25) is 14.5 Å². The molecule has 0 spiro atoms. The fourth-order valence-corrected chi connectivity index (χ4v) is 3.28. The number of halogens is 1. The van der Waals surface area contributed by atoms with E-state index in [0.717, 1.165) is 30.2 Å². The van der Waals surface area contributed by atoms with Crippen molar-refractivity contribution in [3.63, 3.8) is 0 Å². The number of benzene rings is 1. The molecule has 1 heterocycles. The van der Waals surface area contributed by atoms with E-state index in [1.807, 2.05) is 0 Å². The monoisotopic (exact) mass is 322 g/mol. The van der Waals surface area contributed by atoms with Crippen LogP contribution < -0.4 is 5.73 Å². The summed E-state index contributed by atoms with van der Waals surface area (Å²) in [5.74, 6) is -0.324. The SMILES string of the molecule is NC1CCC(N2C(=O)c3ccc(Br)cc3C2=O)CC1. The number of carbonyl (C=O) groups is 2. The molecule has 0 bridgehead atoms. The van der Waals surface area contributed by atoms with Gasteiger partial charge in [-0.05, 0) is 43.9 Å². The van der Waals surface area contributed by atoms with E-state index in [0.29, 0.717) is 11.1 Å².